The van der Waals surface area contributed by atoms with E-state index in [9.17, 15) is 4.79 Å². The Kier molecular flexibility index (Phi) is 3.77. The van der Waals surface area contributed by atoms with E-state index in [1.807, 2.05) is 55.5 Å². The zero-order valence-electron chi connectivity index (χ0n) is 14.0. The SMILES string of the molecule is COc1ccc2c(c1)CN1C(=S)N([C@H](C)c3ccccc3)C(=O)C1=N2. The number of amides is 1. The number of carbonyl (C=O) groups excluding carboxylic acids is 1. The number of carbonyl (C=O) groups is 1. The average molecular weight is 351 g/mol. The number of rotatable bonds is 3. The first-order chi connectivity index (χ1) is 12.1. The molecule has 0 aliphatic carbocycles. The number of amidine groups is 1. The molecule has 2 aromatic carbocycles. The van der Waals surface area contributed by atoms with Crippen molar-refractivity contribution in [3.8, 4) is 5.75 Å². The van der Waals surface area contributed by atoms with Crippen molar-refractivity contribution in [3.05, 3.63) is 59.7 Å². The van der Waals surface area contributed by atoms with E-state index in [4.69, 9.17) is 17.0 Å². The molecule has 2 aromatic rings. The zero-order chi connectivity index (χ0) is 17.6. The number of hydrogen-bond donors (Lipinski definition) is 0. The van der Waals surface area contributed by atoms with Gasteiger partial charge in [-0.2, -0.15) is 0 Å². The molecule has 5 nitrogen and oxygen atoms in total. The van der Waals surface area contributed by atoms with Gasteiger partial charge in [-0.25, -0.2) is 4.99 Å². The molecule has 25 heavy (non-hydrogen) atoms. The van der Waals surface area contributed by atoms with Crippen LogP contribution >= 0.6 is 12.2 Å². The molecule has 0 spiro atoms. The Morgan fingerprint density at radius 3 is 2.68 bits per heavy atom. The maximum absolute atomic E-state index is 12.9. The zero-order valence-corrected chi connectivity index (χ0v) is 14.8. The van der Waals surface area contributed by atoms with Gasteiger partial charge in [0.1, 0.15) is 5.75 Å². The summed E-state index contributed by atoms with van der Waals surface area (Å²) in [5, 5.41) is 0.494. The Hall–Kier alpha value is -2.73. The normalized spacial score (nSPS) is 17.1. The Morgan fingerprint density at radius 2 is 1.96 bits per heavy atom. The van der Waals surface area contributed by atoms with E-state index in [2.05, 4.69) is 4.99 Å². The highest BCUT2D eigenvalue weighted by atomic mass is 32.1. The summed E-state index contributed by atoms with van der Waals surface area (Å²) in [6.45, 7) is 2.50. The predicted molar refractivity (Wildman–Crippen MR) is 99.9 cm³/mol. The first-order valence-corrected chi connectivity index (χ1v) is 8.46. The average Bonchev–Trinajstić information content (AvgIpc) is 2.90. The molecule has 6 heteroatoms. The first kappa shape index (κ1) is 15.8. The summed E-state index contributed by atoms with van der Waals surface area (Å²) in [7, 11) is 1.63. The van der Waals surface area contributed by atoms with Gasteiger partial charge in [-0.15, -0.1) is 0 Å². The van der Waals surface area contributed by atoms with Crippen LogP contribution in [0.1, 0.15) is 24.1 Å². The molecule has 0 unspecified atom stereocenters. The number of aliphatic imine (C=N–C) groups is 1. The van der Waals surface area contributed by atoms with Gasteiger partial charge in [0.25, 0.3) is 5.91 Å². The molecule has 1 fully saturated rings. The van der Waals surface area contributed by atoms with Gasteiger partial charge < -0.3 is 4.74 Å². The van der Waals surface area contributed by atoms with Gasteiger partial charge in [-0.3, -0.25) is 14.6 Å². The smallest absolute Gasteiger partial charge is 0.296 e. The van der Waals surface area contributed by atoms with Crippen LogP contribution in [0.2, 0.25) is 0 Å². The molecule has 0 radical (unpaired) electrons. The predicted octanol–water partition coefficient (Wildman–Crippen LogP) is 3.43. The van der Waals surface area contributed by atoms with Crippen molar-refractivity contribution in [2.75, 3.05) is 7.11 Å². The second kappa shape index (κ2) is 5.97. The third-order valence-electron chi connectivity index (χ3n) is 4.61. The fraction of sp³-hybridized carbons (Fsp3) is 0.211. The van der Waals surface area contributed by atoms with E-state index in [1.54, 1.807) is 16.9 Å². The monoisotopic (exact) mass is 351 g/mol. The molecule has 2 heterocycles. The molecule has 126 valence electrons. The summed E-state index contributed by atoms with van der Waals surface area (Å²) >= 11 is 5.60. The Balaban J connectivity index is 1.70. The van der Waals surface area contributed by atoms with Gasteiger partial charge in [-0.05, 0) is 42.9 Å². The Bertz CT molecular complexity index is 895. The summed E-state index contributed by atoms with van der Waals surface area (Å²) in [5.74, 6) is 1.01. The number of nitrogens with zero attached hydrogens (tertiary/aromatic N) is 3. The van der Waals surface area contributed by atoms with Crippen LogP contribution < -0.4 is 4.74 Å². The van der Waals surface area contributed by atoms with Crippen LogP contribution in [-0.2, 0) is 11.3 Å². The maximum atomic E-state index is 12.9. The van der Waals surface area contributed by atoms with Crippen LogP contribution in [0.25, 0.3) is 0 Å². The van der Waals surface area contributed by atoms with Crippen molar-refractivity contribution in [2.45, 2.75) is 19.5 Å². The quantitative estimate of drug-likeness (QED) is 0.795. The van der Waals surface area contributed by atoms with E-state index >= 15 is 0 Å². The highest BCUT2D eigenvalue weighted by molar-refractivity contribution is 7.80. The summed E-state index contributed by atoms with van der Waals surface area (Å²) in [6, 6.07) is 15.4. The second-order valence-corrected chi connectivity index (χ2v) is 6.43. The number of hydrogen-bond acceptors (Lipinski definition) is 4. The minimum Gasteiger partial charge on any atom is -0.497 e. The van der Waals surface area contributed by atoms with Crippen molar-refractivity contribution in [1.29, 1.82) is 0 Å². The van der Waals surface area contributed by atoms with Gasteiger partial charge in [0, 0.05) is 5.56 Å². The lowest BCUT2D eigenvalue weighted by atomic mass is 10.1. The molecule has 0 aromatic heterocycles. The fourth-order valence-electron chi connectivity index (χ4n) is 3.21. The molecule has 1 atom stereocenters. The lowest BCUT2D eigenvalue weighted by Gasteiger charge is -2.26. The topological polar surface area (TPSA) is 45.1 Å². The highest BCUT2D eigenvalue weighted by Gasteiger charge is 2.44. The summed E-state index contributed by atoms with van der Waals surface area (Å²) in [5.41, 5.74) is 2.82. The lowest BCUT2D eigenvalue weighted by molar-refractivity contribution is -0.121. The molecule has 0 N–H and O–H groups in total. The van der Waals surface area contributed by atoms with Gasteiger partial charge >= 0.3 is 0 Å². The minimum atomic E-state index is -0.150. The van der Waals surface area contributed by atoms with Crippen LogP contribution in [0.4, 0.5) is 5.69 Å². The molecular weight excluding hydrogens is 334 g/mol. The third-order valence-corrected chi connectivity index (χ3v) is 5.03. The minimum absolute atomic E-state index is 0.146. The number of fused-ring (bicyclic) bond motifs is 2. The number of benzene rings is 2. The fourth-order valence-corrected chi connectivity index (χ4v) is 3.60. The first-order valence-electron chi connectivity index (χ1n) is 8.05. The van der Waals surface area contributed by atoms with Crippen molar-refractivity contribution in [1.82, 2.24) is 9.80 Å². The molecule has 0 bridgehead atoms. The van der Waals surface area contributed by atoms with E-state index in [0.717, 1.165) is 22.6 Å². The summed E-state index contributed by atoms with van der Waals surface area (Å²) in [6.07, 6.45) is 0. The van der Waals surface area contributed by atoms with Crippen LogP contribution in [0, 0.1) is 0 Å². The van der Waals surface area contributed by atoms with Crippen molar-refractivity contribution in [2.24, 2.45) is 4.99 Å². The highest BCUT2D eigenvalue weighted by Crippen LogP contribution is 2.35. The summed E-state index contributed by atoms with van der Waals surface area (Å²) < 4.78 is 5.28. The van der Waals surface area contributed by atoms with Crippen molar-refractivity contribution >= 4 is 34.8 Å². The van der Waals surface area contributed by atoms with Gasteiger partial charge in [-0.1, -0.05) is 30.3 Å². The molecular formula is C19H17N3O2S. The van der Waals surface area contributed by atoms with E-state index in [-0.39, 0.29) is 11.9 Å². The maximum Gasteiger partial charge on any atom is 0.296 e. The second-order valence-electron chi connectivity index (χ2n) is 6.06. The van der Waals surface area contributed by atoms with Crippen LogP contribution in [0.5, 0.6) is 5.75 Å². The number of ether oxygens (including phenoxy) is 1. The lowest BCUT2D eigenvalue weighted by Crippen LogP contribution is -2.35. The van der Waals surface area contributed by atoms with E-state index in [1.165, 1.54) is 0 Å². The molecule has 0 saturated carbocycles. The molecule has 1 saturated heterocycles. The third kappa shape index (κ3) is 2.49. The van der Waals surface area contributed by atoms with Crippen LogP contribution in [0.3, 0.4) is 0 Å². The molecule has 1 amide bonds. The molecule has 2 aliphatic rings. The Labute approximate surface area is 151 Å². The Morgan fingerprint density at radius 1 is 1.20 bits per heavy atom. The van der Waals surface area contributed by atoms with E-state index < -0.39 is 0 Å². The van der Waals surface area contributed by atoms with Crippen molar-refractivity contribution < 1.29 is 9.53 Å². The van der Waals surface area contributed by atoms with E-state index in [0.29, 0.717) is 17.5 Å². The standard InChI is InChI=1S/C19H17N3O2S/c1-12(13-6-4-3-5-7-13)22-18(23)17-20-16-9-8-15(24-2)10-14(16)11-21(17)19(22)25/h3-10,12H,11H2,1-2H3/t12-/m1/s1. The van der Waals surface area contributed by atoms with Gasteiger partial charge in [0.05, 0.1) is 25.4 Å². The molecule has 2 aliphatic heterocycles. The van der Waals surface area contributed by atoms with Crippen molar-refractivity contribution in [3.63, 3.8) is 0 Å². The number of methoxy groups -OCH3 is 1. The van der Waals surface area contributed by atoms with Crippen LogP contribution in [-0.4, -0.2) is 33.8 Å². The largest absolute Gasteiger partial charge is 0.497 e. The summed E-state index contributed by atoms with van der Waals surface area (Å²) in [4.78, 5) is 20.9. The molecule has 4 rings (SSSR count). The van der Waals surface area contributed by atoms with Gasteiger partial charge in [0.2, 0.25) is 5.84 Å². The van der Waals surface area contributed by atoms with Crippen LogP contribution in [0.15, 0.2) is 53.5 Å². The van der Waals surface area contributed by atoms with Gasteiger partial charge in [0.15, 0.2) is 5.11 Å². The number of thiocarbonyl (C=S) groups is 1.